The maximum atomic E-state index is 12.7. The van der Waals surface area contributed by atoms with Crippen LogP contribution in [0, 0.1) is 0 Å². The average Bonchev–Trinajstić information content (AvgIpc) is 3.37. The molecule has 0 radical (unpaired) electrons. The summed E-state index contributed by atoms with van der Waals surface area (Å²) in [6, 6.07) is 7.90. The van der Waals surface area contributed by atoms with Crippen molar-refractivity contribution >= 4 is 5.91 Å². The van der Waals surface area contributed by atoms with E-state index >= 15 is 0 Å². The van der Waals surface area contributed by atoms with Crippen LogP contribution in [0.2, 0.25) is 0 Å². The van der Waals surface area contributed by atoms with E-state index in [0.29, 0.717) is 0 Å². The first-order valence-electron chi connectivity index (χ1n) is 8.36. The van der Waals surface area contributed by atoms with E-state index in [1.807, 2.05) is 24.3 Å². The standard InChI is InChI=1S/C19H25NO2/c1-22-17-10-6-5-9-16(17)19(12-13-19)18(21)20-14-11-15-7-3-2-4-8-15/h5-7,9-10H,2-4,8,11-14H2,1H3,(H,20,21). The molecule has 1 aromatic carbocycles. The molecule has 2 aliphatic carbocycles. The van der Waals surface area contributed by atoms with E-state index in [0.717, 1.165) is 37.1 Å². The van der Waals surface area contributed by atoms with Crippen LogP contribution in [-0.2, 0) is 10.2 Å². The van der Waals surface area contributed by atoms with Gasteiger partial charge in [0.05, 0.1) is 12.5 Å². The smallest absolute Gasteiger partial charge is 0.230 e. The van der Waals surface area contributed by atoms with Crippen molar-refractivity contribution < 1.29 is 9.53 Å². The molecule has 1 amide bonds. The summed E-state index contributed by atoms with van der Waals surface area (Å²) in [5.41, 5.74) is 2.19. The second-order valence-electron chi connectivity index (χ2n) is 6.40. The molecule has 1 aromatic rings. The van der Waals surface area contributed by atoms with Crippen LogP contribution < -0.4 is 10.1 Å². The molecule has 1 N–H and O–H groups in total. The maximum absolute atomic E-state index is 12.7. The molecule has 0 atom stereocenters. The molecular weight excluding hydrogens is 274 g/mol. The average molecular weight is 299 g/mol. The molecular formula is C19H25NO2. The van der Waals surface area contributed by atoms with Gasteiger partial charge in [-0.25, -0.2) is 0 Å². The largest absolute Gasteiger partial charge is 0.496 e. The summed E-state index contributed by atoms with van der Waals surface area (Å²) in [5.74, 6) is 0.985. The number of carbonyl (C=O) groups is 1. The maximum Gasteiger partial charge on any atom is 0.230 e. The van der Waals surface area contributed by atoms with Gasteiger partial charge in [-0.05, 0) is 51.0 Å². The highest BCUT2D eigenvalue weighted by Crippen LogP contribution is 2.51. The summed E-state index contributed by atoms with van der Waals surface area (Å²) in [4.78, 5) is 12.7. The van der Waals surface area contributed by atoms with Crippen LogP contribution in [0.25, 0.3) is 0 Å². The number of methoxy groups -OCH3 is 1. The minimum Gasteiger partial charge on any atom is -0.496 e. The predicted octanol–water partition coefficient (Wildman–Crippen LogP) is 3.73. The first-order valence-corrected chi connectivity index (χ1v) is 8.36. The van der Waals surface area contributed by atoms with Gasteiger partial charge < -0.3 is 10.1 Å². The number of benzene rings is 1. The number of hydrogen-bond acceptors (Lipinski definition) is 2. The highest BCUT2D eigenvalue weighted by atomic mass is 16.5. The van der Waals surface area contributed by atoms with E-state index in [2.05, 4.69) is 11.4 Å². The van der Waals surface area contributed by atoms with Crippen LogP contribution in [0.1, 0.15) is 50.5 Å². The van der Waals surface area contributed by atoms with Crippen LogP contribution in [0.5, 0.6) is 5.75 Å². The molecule has 1 saturated carbocycles. The fraction of sp³-hybridized carbons (Fsp3) is 0.526. The van der Waals surface area contributed by atoms with E-state index in [4.69, 9.17) is 4.74 Å². The molecule has 0 bridgehead atoms. The van der Waals surface area contributed by atoms with Crippen LogP contribution in [0.3, 0.4) is 0 Å². The van der Waals surface area contributed by atoms with Crippen molar-refractivity contribution in [3.8, 4) is 5.75 Å². The fourth-order valence-corrected chi connectivity index (χ4v) is 3.42. The second kappa shape index (κ2) is 6.55. The first-order chi connectivity index (χ1) is 10.8. The molecule has 2 aliphatic rings. The number of allylic oxidation sites excluding steroid dienone is 1. The van der Waals surface area contributed by atoms with Crippen molar-refractivity contribution in [1.82, 2.24) is 5.32 Å². The van der Waals surface area contributed by atoms with E-state index < -0.39 is 0 Å². The number of amides is 1. The summed E-state index contributed by atoms with van der Waals surface area (Å²) in [7, 11) is 1.67. The Labute approximate surface area is 132 Å². The van der Waals surface area contributed by atoms with Crippen molar-refractivity contribution in [2.24, 2.45) is 0 Å². The Morgan fingerprint density at radius 2 is 2.09 bits per heavy atom. The zero-order valence-electron chi connectivity index (χ0n) is 13.4. The number of para-hydroxylation sites is 1. The van der Waals surface area contributed by atoms with Crippen molar-refractivity contribution in [3.63, 3.8) is 0 Å². The lowest BCUT2D eigenvalue weighted by molar-refractivity contribution is -0.123. The molecule has 0 spiro atoms. The molecule has 3 heteroatoms. The van der Waals surface area contributed by atoms with Crippen LogP contribution in [0.15, 0.2) is 35.9 Å². The van der Waals surface area contributed by atoms with Gasteiger partial charge in [0.2, 0.25) is 5.91 Å². The van der Waals surface area contributed by atoms with Gasteiger partial charge in [0.1, 0.15) is 5.75 Å². The molecule has 0 saturated heterocycles. The van der Waals surface area contributed by atoms with E-state index in [-0.39, 0.29) is 11.3 Å². The minimum absolute atomic E-state index is 0.161. The van der Waals surface area contributed by atoms with Gasteiger partial charge in [-0.15, -0.1) is 0 Å². The third kappa shape index (κ3) is 3.03. The van der Waals surface area contributed by atoms with Crippen LogP contribution in [-0.4, -0.2) is 19.6 Å². The Bertz CT molecular complexity index is 573. The summed E-state index contributed by atoms with van der Waals surface area (Å²) >= 11 is 0. The van der Waals surface area contributed by atoms with Crippen molar-refractivity contribution in [1.29, 1.82) is 0 Å². The topological polar surface area (TPSA) is 38.3 Å². The number of rotatable bonds is 6. The van der Waals surface area contributed by atoms with Crippen LogP contribution in [0.4, 0.5) is 0 Å². The summed E-state index contributed by atoms with van der Waals surface area (Å²) in [5, 5.41) is 3.15. The lowest BCUT2D eigenvalue weighted by atomic mass is 9.93. The Balaban J connectivity index is 1.60. The molecule has 0 aliphatic heterocycles. The first kappa shape index (κ1) is 15.1. The van der Waals surface area contributed by atoms with Gasteiger partial charge in [-0.3, -0.25) is 4.79 Å². The highest BCUT2D eigenvalue weighted by Gasteiger charge is 2.52. The number of ether oxygens (including phenoxy) is 1. The fourth-order valence-electron chi connectivity index (χ4n) is 3.42. The molecule has 22 heavy (non-hydrogen) atoms. The summed E-state index contributed by atoms with van der Waals surface area (Å²) in [6.07, 6.45) is 10.2. The molecule has 0 aromatic heterocycles. The van der Waals surface area contributed by atoms with Gasteiger partial charge in [0, 0.05) is 12.1 Å². The summed E-state index contributed by atoms with van der Waals surface area (Å²) < 4.78 is 5.43. The second-order valence-corrected chi connectivity index (χ2v) is 6.40. The van der Waals surface area contributed by atoms with Gasteiger partial charge in [0.25, 0.3) is 0 Å². The Kier molecular flexibility index (Phi) is 4.51. The van der Waals surface area contributed by atoms with Crippen molar-refractivity contribution in [3.05, 3.63) is 41.5 Å². The minimum atomic E-state index is -0.354. The van der Waals surface area contributed by atoms with Gasteiger partial charge in [0.15, 0.2) is 0 Å². The Hall–Kier alpha value is -1.77. The third-order valence-corrected chi connectivity index (χ3v) is 4.92. The number of hydrogen-bond donors (Lipinski definition) is 1. The Morgan fingerprint density at radius 3 is 2.77 bits per heavy atom. The lowest BCUT2D eigenvalue weighted by Crippen LogP contribution is -2.35. The molecule has 0 heterocycles. The molecule has 118 valence electrons. The lowest BCUT2D eigenvalue weighted by Gasteiger charge is -2.19. The SMILES string of the molecule is COc1ccccc1C1(C(=O)NCCC2=CCCCC2)CC1. The van der Waals surface area contributed by atoms with Crippen molar-refractivity contribution in [2.75, 3.05) is 13.7 Å². The van der Waals surface area contributed by atoms with Gasteiger partial charge in [-0.2, -0.15) is 0 Å². The number of carbonyl (C=O) groups excluding carboxylic acids is 1. The normalized spacial score (nSPS) is 19.2. The molecule has 3 nitrogen and oxygen atoms in total. The zero-order valence-corrected chi connectivity index (χ0v) is 13.4. The molecule has 1 fully saturated rings. The molecule has 3 rings (SSSR count). The summed E-state index contributed by atoms with van der Waals surface area (Å²) in [6.45, 7) is 0.752. The van der Waals surface area contributed by atoms with E-state index in [1.165, 1.54) is 31.3 Å². The molecule has 0 unspecified atom stereocenters. The van der Waals surface area contributed by atoms with Crippen LogP contribution >= 0.6 is 0 Å². The number of nitrogens with one attached hydrogen (secondary N) is 1. The Morgan fingerprint density at radius 1 is 1.27 bits per heavy atom. The monoisotopic (exact) mass is 299 g/mol. The third-order valence-electron chi connectivity index (χ3n) is 4.92. The predicted molar refractivity (Wildman–Crippen MR) is 88.1 cm³/mol. The van der Waals surface area contributed by atoms with E-state index in [1.54, 1.807) is 7.11 Å². The van der Waals surface area contributed by atoms with Gasteiger partial charge in [-0.1, -0.05) is 29.8 Å². The van der Waals surface area contributed by atoms with E-state index in [9.17, 15) is 4.79 Å². The zero-order chi connectivity index (χ0) is 15.4. The highest BCUT2D eigenvalue weighted by molar-refractivity contribution is 5.92. The van der Waals surface area contributed by atoms with Crippen molar-refractivity contribution in [2.45, 2.75) is 50.4 Å². The van der Waals surface area contributed by atoms with Gasteiger partial charge >= 0.3 is 0 Å². The quantitative estimate of drug-likeness (QED) is 0.813.